The molecule has 1 rings (SSSR count). The van der Waals surface area contributed by atoms with Gasteiger partial charge in [-0.15, -0.1) is 0 Å². The lowest BCUT2D eigenvalue weighted by Gasteiger charge is -2.32. The molecule has 0 N–H and O–H groups in total. The Morgan fingerprint density at radius 3 is 2.32 bits per heavy atom. The Balaban J connectivity index is 3.43. The van der Waals surface area contributed by atoms with E-state index in [0.717, 1.165) is 0 Å². The van der Waals surface area contributed by atoms with E-state index in [0.29, 0.717) is 4.47 Å². The van der Waals surface area contributed by atoms with Gasteiger partial charge in [-0.05, 0) is 36.3 Å². The molecule has 1 aromatic carbocycles. The molecule has 0 spiro atoms. The quantitative estimate of drug-likeness (QED) is 0.482. The second-order valence-corrected chi connectivity index (χ2v) is 14.8. The van der Waals surface area contributed by atoms with Gasteiger partial charge in [-0.25, -0.2) is 8.60 Å². The number of benzene rings is 1. The van der Waals surface area contributed by atoms with Gasteiger partial charge in [-0.3, -0.25) is 4.03 Å². The highest BCUT2D eigenvalue weighted by Crippen LogP contribution is 2.39. The van der Waals surface area contributed by atoms with Crippen LogP contribution < -0.4 is 0 Å². The highest BCUT2D eigenvalue weighted by Gasteiger charge is 2.37. The third kappa shape index (κ3) is 4.03. The van der Waals surface area contributed by atoms with Crippen LogP contribution in [0.2, 0.25) is 18.1 Å². The highest BCUT2D eigenvalue weighted by molar-refractivity contribution is 9.10. The summed E-state index contributed by atoms with van der Waals surface area (Å²) in [6, 6.07) is 4.28. The Labute approximate surface area is 128 Å². The van der Waals surface area contributed by atoms with Gasteiger partial charge in [0.15, 0.2) is 17.2 Å². The number of nitrogens with zero attached hydrogens (tertiary/aromatic N) is 1. The zero-order valence-corrected chi connectivity index (χ0v) is 15.8. The minimum Gasteiger partial charge on any atom is -0.261 e. The van der Waals surface area contributed by atoms with Gasteiger partial charge in [0.05, 0.1) is 4.90 Å². The Morgan fingerprint density at radius 1 is 1.37 bits per heavy atom. The first-order valence-corrected chi connectivity index (χ1v) is 11.9. The molecule has 0 heterocycles. The molecule has 0 aliphatic carbocycles. The van der Waals surface area contributed by atoms with Crippen LogP contribution in [0.4, 0.5) is 4.39 Å². The Hall–Kier alpha value is 0.0869. The maximum absolute atomic E-state index is 13.9. The van der Waals surface area contributed by atoms with Gasteiger partial charge >= 0.3 is 0 Å². The zero-order chi connectivity index (χ0) is 15.1. The average Bonchev–Trinajstić information content (AvgIpc) is 2.12. The van der Waals surface area contributed by atoms with E-state index in [1.807, 2.05) is 33.9 Å². The fourth-order valence-electron chi connectivity index (χ4n) is 1.16. The highest BCUT2D eigenvalue weighted by atomic mass is 79.9. The van der Waals surface area contributed by atoms with Crippen molar-refractivity contribution in [3.63, 3.8) is 0 Å². The minimum absolute atomic E-state index is 0.0396. The predicted octanol–water partition coefficient (Wildman–Crippen LogP) is 5.57. The topological polar surface area (TPSA) is 29.4 Å². The Morgan fingerprint density at radius 2 is 1.89 bits per heavy atom. The van der Waals surface area contributed by atoms with Gasteiger partial charge in [0.1, 0.15) is 5.82 Å². The lowest BCUT2D eigenvalue weighted by molar-refractivity contribution is 0.595. The minimum atomic E-state index is -3.24. The van der Waals surface area contributed by atoms with E-state index in [1.165, 1.54) is 12.1 Å². The molecule has 1 unspecified atom stereocenters. The third-order valence-corrected chi connectivity index (χ3v) is 12.3. The van der Waals surface area contributed by atoms with Crippen molar-refractivity contribution in [3.8, 4) is 0 Å². The van der Waals surface area contributed by atoms with Crippen molar-refractivity contribution in [2.24, 2.45) is 4.03 Å². The smallest absolute Gasteiger partial charge is 0.194 e. The molecule has 0 aliphatic rings. The maximum atomic E-state index is 13.9. The van der Waals surface area contributed by atoms with Crippen LogP contribution in [0.1, 0.15) is 20.8 Å². The summed E-state index contributed by atoms with van der Waals surface area (Å²) in [5.41, 5.74) is 0. The first-order valence-electron chi connectivity index (χ1n) is 5.80. The molecular weight excluding hydrogens is 369 g/mol. The van der Waals surface area contributed by atoms with Gasteiger partial charge in [-0.2, -0.15) is 0 Å². The van der Waals surface area contributed by atoms with Crippen LogP contribution in [0.25, 0.3) is 0 Å². The molecule has 0 radical (unpaired) electrons. The van der Waals surface area contributed by atoms with Crippen LogP contribution in [0.3, 0.4) is 0 Å². The number of halogens is 3. The van der Waals surface area contributed by atoms with Gasteiger partial charge in [0.2, 0.25) is 0 Å². The van der Waals surface area contributed by atoms with Gasteiger partial charge in [-0.1, -0.05) is 36.7 Å². The summed E-state index contributed by atoms with van der Waals surface area (Å²) in [6.07, 6.45) is 0. The van der Waals surface area contributed by atoms with Crippen molar-refractivity contribution in [2.45, 2.75) is 43.8 Å². The summed E-state index contributed by atoms with van der Waals surface area (Å²) in [6.45, 7) is 10.1. The molecule has 0 saturated heterocycles. The van der Waals surface area contributed by atoms with Crippen molar-refractivity contribution >= 4 is 43.8 Å². The summed E-state index contributed by atoms with van der Waals surface area (Å²) in [5.74, 6) is -0.600. The van der Waals surface area contributed by atoms with Gasteiger partial charge < -0.3 is 0 Å². The van der Waals surface area contributed by atoms with Crippen molar-refractivity contribution in [1.29, 1.82) is 0 Å². The molecule has 1 aromatic rings. The molecule has 7 heteroatoms. The number of hydrogen-bond acceptors (Lipinski definition) is 2. The van der Waals surface area contributed by atoms with Crippen LogP contribution in [0.15, 0.2) is 31.6 Å². The SMILES string of the molecule is CC(C)(C)[Si](C)(C)N=S(=O)(Cl)c1ccc(Br)cc1F. The largest absolute Gasteiger partial charge is 0.261 e. The molecule has 1 atom stereocenters. The predicted molar refractivity (Wildman–Crippen MR) is 86.0 cm³/mol. The van der Waals surface area contributed by atoms with E-state index < -0.39 is 23.0 Å². The summed E-state index contributed by atoms with van der Waals surface area (Å²) in [5, 5.41) is -0.101. The normalized spacial score (nSPS) is 16.0. The molecule has 19 heavy (non-hydrogen) atoms. The second-order valence-electron chi connectivity index (χ2n) is 5.93. The molecule has 0 fully saturated rings. The molecule has 0 aliphatic heterocycles. The van der Waals surface area contributed by atoms with Crippen LogP contribution in [0, 0.1) is 5.82 Å². The molecule has 0 saturated carbocycles. The van der Waals surface area contributed by atoms with E-state index in [1.54, 1.807) is 6.07 Å². The molecule has 2 nitrogen and oxygen atoms in total. The van der Waals surface area contributed by atoms with Gasteiger partial charge in [0.25, 0.3) is 0 Å². The molecule has 0 bridgehead atoms. The first kappa shape index (κ1) is 17.1. The summed E-state index contributed by atoms with van der Waals surface area (Å²) in [7, 11) is 0.594. The van der Waals surface area contributed by atoms with Gasteiger partial charge in [0, 0.05) is 15.2 Å². The monoisotopic (exact) mass is 385 g/mol. The average molecular weight is 387 g/mol. The van der Waals surface area contributed by atoms with Crippen molar-refractivity contribution in [3.05, 3.63) is 28.5 Å². The van der Waals surface area contributed by atoms with Crippen molar-refractivity contribution < 1.29 is 8.60 Å². The second kappa shape index (κ2) is 5.46. The van der Waals surface area contributed by atoms with Crippen LogP contribution in [-0.4, -0.2) is 12.4 Å². The molecule has 0 amide bonds. The third-order valence-electron chi connectivity index (χ3n) is 3.35. The van der Waals surface area contributed by atoms with E-state index in [-0.39, 0.29) is 9.93 Å². The number of rotatable bonds is 2. The maximum Gasteiger partial charge on any atom is 0.194 e. The molecule has 0 aromatic heterocycles. The van der Waals surface area contributed by atoms with Crippen LogP contribution in [0.5, 0.6) is 0 Å². The number of hydrogen-bond donors (Lipinski definition) is 0. The Kier molecular flexibility index (Phi) is 4.93. The Bertz CT molecular complexity index is 606. The lowest BCUT2D eigenvalue weighted by atomic mass is 10.2. The fraction of sp³-hybridized carbons (Fsp3) is 0.500. The van der Waals surface area contributed by atoms with Crippen LogP contribution >= 0.6 is 26.6 Å². The lowest BCUT2D eigenvalue weighted by Crippen LogP contribution is -2.35. The summed E-state index contributed by atoms with van der Waals surface area (Å²) >= 11 is 3.16. The van der Waals surface area contributed by atoms with Crippen molar-refractivity contribution in [1.82, 2.24) is 0 Å². The van der Waals surface area contributed by atoms with E-state index in [9.17, 15) is 8.60 Å². The molecular formula is C12H18BrClFNOSSi. The first-order chi connectivity index (χ1) is 8.37. The summed E-state index contributed by atoms with van der Waals surface area (Å²) < 4.78 is 31.4. The van der Waals surface area contributed by atoms with Crippen molar-refractivity contribution in [2.75, 3.05) is 0 Å². The van der Waals surface area contributed by atoms with E-state index >= 15 is 0 Å². The standard InChI is InChI=1S/C12H18BrClFNOSSi/c1-12(2,3)19(4,5)16-18(14,17)11-7-6-9(13)8-10(11)15/h6-8H,1-5H3. The summed E-state index contributed by atoms with van der Waals surface area (Å²) in [4.78, 5) is -0.0396. The molecule has 108 valence electrons. The zero-order valence-electron chi connectivity index (χ0n) is 11.6. The van der Waals surface area contributed by atoms with Crippen LogP contribution in [-0.2, 0) is 8.94 Å². The fourth-order valence-corrected chi connectivity index (χ4v) is 7.79. The van der Waals surface area contributed by atoms with E-state index in [2.05, 4.69) is 20.0 Å². The van der Waals surface area contributed by atoms with E-state index in [4.69, 9.17) is 10.7 Å².